The monoisotopic (exact) mass is 310 g/mol. The van der Waals surface area contributed by atoms with Crippen LogP contribution in [0, 0.1) is 0 Å². The summed E-state index contributed by atoms with van der Waals surface area (Å²) in [4.78, 5) is 11.5. The third-order valence-electron chi connectivity index (χ3n) is 4.46. The number of hydrogen-bond donors (Lipinski definition) is 1. The highest BCUT2D eigenvalue weighted by Crippen LogP contribution is 2.22. The van der Waals surface area contributed by atoms with E-state index in [1.807, 2.05) is 6.08 Å². The first kappa shape index (κ1) is 19.2. The fourth-order valence-corrected chi connectivity index (χ4v) is 2.95. The maximum absolute atomic E-state index is 11.5. The summed E-state index contributed by atoms with van der Waals surface area (Å²) >= 11 is 0. The number of aliphatic hydroxyl groups is 1. The zero-order chi connectivity index (χ0) is 16.2. The summed E-state index contributed by atoms with van der Waals surface area (Å²) in [7, 11) is 0. The van der Waals surface area contributed by atoms with Crippen molar-refractivity contribution in [2.24, 2.45) is 0 Å². The van der Waals surface area contributed by atoms with Crippen molar-refractivity contribution in [2.45, 2.75) is 103 Å². The molecule has 1 fully saturated rings. The number of cyclic esters (lactones) is 1. The Bertz CT molecular complexity index is 336. The maximum atomic E-state index is 11.5. The molecule has 0 aromatic rings. The quantitative estimate of drug-likeness (QED) is 0.316. The highest BCUT2D eigenvalue weighted by molar-refractivity contribution is 5.92. The van der Waals surface area contributed by atoms with Gasteiger partial charge in [0, 0.05) is 0 Å². The zero-order valence-electron chi connectivity index (χ0n) is 14.5. The molecular formula is C19H34O3. The molecule has 0 aromatic heterocycles. The van der Waals surface area contributed by atoms with Crippen LogP contribution < -0.4 is 0 Å². The Kier molecular flexibility index (Phi) is 10.2. The molecule has 0 aromatic carbocycles. The molecule has 22 heavy (non-hydrogen) atoms. The SMILES string of the molecule is CCCCCCCCCCCCC/C=C1\C(=O)O[C@@H](C)[C@@H]1O. The number of carbonyl (C=O) groups is 1. The van der Waals surface area contributed by atoms with E-state index < -0.39 is 12.2 Å². The molecule has 1 aliphatic rings. The second-order valence-corrected chi connectivity index (χ2v) is 6.54. The van der Waals surface area contributed by atoms with Crippen LogP contribution in [0.15, 0.2) is 11.6 Å². The smallest absolute Gasteiger partial charge is 0.336 e. The largest absolute Gasteiger partial charge is 0.456 e. The van der Waals surface area contributed by atoms with E-state index in [9.17, 15) is 9.90 Å². The van der Waals surface area contributed by atoms with Gasteiger partial charge in [0.2, 0.25) is 0 Å². The molecule has 0 bridgehead atoms. The van der Waals surface area contributed by atoms with Crippen molar-refractivity contribution in [2.75, 3.05) is 0 Å². The van der Waals surface area contributed by atoms with Gasteiger partial charge in [-0.05, 0) is 19.8 Å². The van der Waals surface area contributed by atoms with E-state index in [0.717, 1.165) is 12.8 Å². The summed E-state index contributed by atoms with van der Waals surface area (Å²) in [6, 6.07) is 0. The van der Waals surface area contributed by atoms with E-state index in [4.69, 9.17) is 4.74 Å². The molecule has 3 heteroatoms. The van der Waals surface area contributed by atoms with Crippen molar-refractivity contribution in [1.29, 1.82) is 0 Å². The van der Waals surface area contributed by atoms with Crippen LogP contribution in [0.5, 0.6) is 0 Å². The van der Waals surface area contributed by atoms with Crippen LogP contribution in [0.3, 0.4) is 0 Å². The fraction of sp³-hybridized carbons (Fsp3) is 0.842. The van der Waals surface area contributed by atoms with Gasteiger partial charge < -0.3 is 9.84 Å². The second kappa shape index (κ2) is 11.7. The van der Waals surface area contributed by atoms with E-state index in [0.29, 0.717) is 5.57 Å². The predicted molar refractivity (Wildman–Crippen MR) is 90.7 cm³/mol. The van der Waals surface area contributed by atoms with Gasteiger partial charge in [-0.25, -0.2) is 4.79 Å². The van der Waals surface area contributed by atoms with Crippen LogP contribution in [0.2, 0.25) is 0 Å². The lowest BCUT2D eigenvalue weighted by atomic mass is 10.0. The van der Waals surface area contributed by atoms with Crippen LogP contribution in [0.4, 0.5) is 0 Å². The number of ether oxygens (including phenoxy) is 1. The van der Waals surface area contributed by atoms with Gasteiger partial charge in [0.05, 0.1) is 5.57 Å². The third kappa shape index (κ3) is 7.44. The molecule has 0 amide bonds. The first-order valence-electron chi connectivity index (χ1n) is 9.26. The molecule has 1 aliphatic heterocycles. The van der Waals surface area contributed by atoms with Crippen molar-refractivity contribution in [1.82, 2.24) is 0 Å². The minimum absolute atomic E-state index is 0.344. The lowest BCUT2D eigenvalue weighted by Crippen LogP contribution is -2.17. The average Bonchev–Trinajstić information content (AvgIpc) is 2.74. The molecule has 1 saturated heterocycles. The predicted octanol–water partition coefficient (Wildman–Crippen LogP) is 4.92. The summed E-state index contributed by atoms with van der Waals surface area (Å²) in [6.45, 7) is 3.98. The van der Waals surface area contributed by atoms with Gasteiger partial charge >= 0.3 is 5.97 Å². The van der Waals surface area contributed by atoms with Gasteiger partial charge in [0.25, 0.3) is 0 Å². The fourth-order valence-electron chi connectivity index (χ4n) is 2.95. The van der Waals surface area contributed by atoms with Gasteiger partial charge in [-0.3, -0.25) is 0 Å². The summed E-state index contributed by atoms with van der Waals surface area (Å²) in [5, 5.41) is 9.79. The molecule has 0 spiro atoms. The number of esters is 1. The van der Waals surface area contributed by atoms with Gasteiger partial charge in [0.1, 0.15) is 12.2 Å². The lowest BCUT2D eigenvalue weighted by Gasteiger charge is -2.04. The summed E-state index contributed by atoms with van der Waals surface area (Å²) in [5.74, 6) is -0.344. The van der Waals surface area contributed by atoms with Crippen molar-refractivity contribution in [3.8, 4) is 0 Å². The molecule has 128 valence electrons. The van der Waals surface area contributed by atoms with Crippen LogP contribution in [0.25, 0.3) is 0 Å². The van der Waals surface area contributed by atoms with E-state index in [2.05, 4.69) is 6.92 Å². The molecular weight excluding hydrogens is 276 g/mol. The van der Waals surface area contributed by atoms with Crippen molar-refractivity contribution in [3.05, 3.63) is 11.6 Å². The standard InChI is InChI=1S/C19H34O3/c1-3-4-5-6-7-8-9-10-11-12-13-14-15-17-18(20)16(2)22-19(17)21/h15-16,18,20H,3-14H2,1-2H3/b17-15-/t16-,18-/m0/s1. The highest BCUT2D eigenvalue weighted by atomic mass is 16.6. The molecule has 1 heterocycles. The van der Waals surface area contributed by atoms with Gasteiger partial charge in [0.15, 0.2) is 0 Å². The van der Waals surface area contributed by atoms with Gasteiger partial charge in [-0.15, -0.1) is 0 Å². The Balaban J connectivity index is 1.93. The molecule has 0 radical (unpaired) electrons. The van der Waals surface area contributed by atoms with E-state index in [-0.39, 0.29) is 5.97 Å². The average molecular weight is 310 g/mol. The lowest BCUT2D eigenvalue weighted by molar-refractivity contribution is -0.138. The minimum Gasteiger partial charge on any atom is -0.456 e. The third-order valence-corrected chi connectivity index (χ3v) is 4.46. The molecule has 1 rings (SSSR count). The minimum atomic E-state index is -0.736. The number of allylic oxidation sites excluding steroid dienone is 1. The number of unbranched alkanes of at least 4 members (excludes halogenated alkanes) is 11. The maximum Gasteiger partial charge on any atom is 0.336 e. The Morgan fingerprint density at radius 1 is 0.955 bits per heavy atom. The summed E-state index contributed by atoms with van der Waals surface area (Å²) < 4.78 is 4.99. The summed E-state index contributed by atoms with van der Waals surface area (Å²) in [5.41, 5.74) is 0.458. The first-order chi connectivity index (χ1) is 10.7. The number of carbonyl (C=O) groups excluding carboxylic acids is 1. The number of hydrogen-bond acceptors (Lipinski definition) is 3. The number of rotatable bonds is 12. The van der Waals surface area contributed by atoms with Crippen molar-refractivity contribution >= 4 is 5.97 Å². The highest BCUT2D eigenvalue weighted by Gasteiger charge is 2.34. The normalized spacial score (nSPS) is 23.2. The Morgan fingerprint density at radius 2 is 1.45 bits per heavy atom. The van der Waals surface area contributed by atoms with Crippen molar-refractivity contribution < 1.29 is 14.6 Å². The summed E-state index contributed by atoms with van der Waals surface area (Å²) in [6.07, 6.45) is 16.1. The van der Waals surface area contributed by atoms with Gasteiger partial charge in [-0.2, -0.15) is 0 Å². The first-order valence-corrected chi connectivity index (χ1v) is 9.26. The second-order valence-electron chi connectivity index (χ2n) is 6.54. The van der Waals surface area contributed by atoms with Crippen LogP contribution in [-0.2, 0) is 9.53 Å². The number of aliphatic hydroxyl groups excluding tert-OH is 1. The molecule has 0 saturated carbocycles. The molecule has 0 aliphatic carbocycles. The Labute approximate surface area is 136 Å². The van der Waals surface area contributed by atoms with E-state index >= 15 is 0 Å². The van der Waals surface area contributed by atoms with Crippen LogP contribution in [-0.4, -0.2) is 23.3 Å². The Morgan fingerprint density at radius 3 is 1.91 bits per heavy atom. The molecule has 0 unspecified atom stereocenters. The topological polar surface area (TPSA) is 46.5 Å². The molecule has 2 atom stereocenters. The van der Waals surface area contributed by atoms with E-state index in [1.54, 1.807) is 6.92 Å². The Hall–Kier alpha value is -0.830. The van der Waals surface area contributed by atoms with Gasteiger partial charge in [-0.1, -0.05) is 77.2 Å². The zero-order valence-corrected chi connectivity index (χ0v) is 14.5. The van der Waals surface area contributed by atoms with Crippen LogP contribution >= 0.6 is 0 Å². The van der Waals surface area contributed by atoms with Crippen molar-refractivity contribution in [3.63, 3.8) is 0 Å². The molecule has 1 N–H and O–H groups in total. The van der Waals surface area contributed by atoms with Crippen LogP contribution in [0.1, 0.15) is 90.9 Å². The van der Waals surface area contributed by atoms with E-state index in [1.165, 1.54) is 64.2 Å². The molecule has 3 nitrogen and oxygen atoms in total.